The molecule has 0 spiro atoms. The lowest BCUT2D eigenvalue weighted by molar-refractivity contribution is -0.00160. The van der Waals surface area contributed by atoms with Crippen molar-refractivity contribution in [3.63, 3.8) is 0 Å². The number of aliphatic hydroxyl groups is 1. The van der Waals surface area contributed by atoms with Gasteiger partial charge in [-0.3, -0.25) is 0 Å². The van der Waals surface area contributed by atoms with E-state index in [0.717, 1.165) is 11.3 Å². The summed E-state index contributed by atoms with van der Waals surface area (Å²) in [6.45, 7) is 3.26. The maximum atomic E-state index is 12.6. The minimum Gasteiger partial charge on any atom is -0.393 e. The zero-order valence-electron chi connectivity index (χ0n) is 13.6. The number of urea groups is 1. The number of carbonyl (C=O) groups excluding carboxylic acids is 1. The number of amides is 2. The first kappa shape index (κ1) is 17.0. The average Bonchev–Trinajstić information content (AvgIpc) is 3.09. The second kappa shape index (κ2) is 7.79. The van der Waals surface area contributed by atoms with Crippen LogP contribution in [0.25, 0.3) is 10.4 Å². The van der Waals surface area contributed by atoms with Crippen molar-refractivity contribution in [3.05, 3.63) is 41.8 Å². The molecule has 2 amide bonds. The monoisotopic (exact) mass is 346 g/mol. The molecule has 0 radical (unpaired) electrons. The van der Waals surface area contributed by atoms with Crippen molar-refractivity contribution in [2.24, 2.45) is 0 Å². The lowest BCUT2D eigenvalue weighted by atomic mass is 10.1. The minimum atomic E-state index is -0.464. The van der Waals surface area contributed by atoms with Crippen molar-refractivity contribution < 1.29 is 14.6 Å². The van der Waals surface area contributed by atoms with E-state index in [-0.39, 0.29) is 12.1 Å². The lowest BCUT2D eigenvalue weighted by Gasteiger charge is -2.36. The van der Waals surface area contributed by atoms with Gasteiger partial charge >= 0.3 is 6.03 Å². The molecule has 24 heavy (non-hydrogen) atoms. The van der Waals surface area contributed by atoms with Gasteiger partial charge in [-0.25, -0.2) is 4.79 Å². The van der Waals surface area contributed by atoms with Crippen LogP contribution in [0.15, 0.2) is 41.8 Å². The molecule has 1 saturated heterocycles. The standard InChI is InChI=1S/C18H22N2O3S/c1-13(21)10-16-12-23-8-7-20(16)18(22)19-15-5-2-4-14(11-15)17-6-3-9-24-17/h2-6,9,11,13,16,21H,7-8,10,12H2,1H3,(H,19,22)/t13-,16-/m1/s1. The molecule has 1 aromatic carbocycles. The zero-order chi connectivity index (χ0) is 16.9. The fourth-order valence-electron chi connectivity index (χ4n) is 2.90. The highest BCUT2D eigenvalue weighted by Crippen LogP contribution is 2.27. The van der Waals surface area contributed by atoms with E-state index in [1.54, 1.807) is 23.2 Å². The number of nitrogens with one attached hydrogen (secondary N) is 1. The van der Waals surface area contributed by atoms with E-state index < -0.39 is 6.10 Å². The van der Waals surface area contributed by atoms with Gasteiger partial charge in [0.1, 0.15) is 0 Å². The summed E-state index contributed by atoms with van der Waals surface area (Å²) in [5.41, 5.74) is 1.86. The van der Waals surface area contributed by atoms with Gasteiger partial charge in [0.25, 0.3) is 0 Å². The van der Waals surface area contributed by atoms with Gasteiger partial charge in [-0.15, -0.1) is 11.3 Å². The number of hydrogen-bond donors (Lipinski definition) is 2. The van der Waals surface area contributed by atoms with Crippen LogP contribution < -0.4 is 5.32 Å². The Bertz CT molecular complexity index is 673. The normalized spacial score (nSPS) is 19.1. The molecule has 1 aliphatic heterocycles. The summed E-state index contributed by atoms with van der Waals surface area (Å²) in [5.74, 6) is 0. The number of benzene rings is 1. The third-order valence-electron chi connectivity index (χ3n) is 4.02. The van der Waals surface area contributed by atoms with E-state index in [2.05, 4.69) is 11.4 Å². The Hall–Kier alpha value is -1.89. The molecule has 0 saturated carbocycles. The van der Waals surface area contributed by atoms with Crippen LogP contribution >= 0.6 is 11.3 Å². The highest BCUT2D eigenvalue weighted by atomic mass is 32.1. The van der Waals surface area contributed by atoms with E-state index in [1.165, 1.54) is 4.88 Å². The number of thiophene rings is 1. The van der Waals surface area contributed by atoms with E-state index >= 15 is 0 Å². The smallest absolute Gasteiger partial charge is 0.322 e. The molecule has 3 rings (SSSR count). The lowest BCUT2D eigenvalue weighted by Crippen LogP contribution is -2.51. The minimum absolute atomic E-state index is 0.0979. The molecular formula is C18H22N2O3S. The average molecular weight is 346 g/mol. The third-order valence-corrected chi connectivity index (χ3v) is 4.94. The Morgan fingerprint density at radius 2 is 2.33 bits per heavy atom. The van der Waals surface area contributed by atoms with Crippen molar-refractivity contribution in [2.75, 3.05) is 25.1 Å². The summed E-state index contributed by atoms with van der Waals surface area (Å²) in [6, 6.07) is 11.7. The van der Waals surface area contributed by atoms with Crippen LogP contribution in [0.2, 0.25) is 0 Å². The first-order valence-corrected chi connectivity index (χ1v) is 8.99. The molecule has 1 aliphatic rings. The predicted octanol–water partition coefficient (Wildman–Crippen LogP) is 3.42. The largest absolute Gasteiger partial charge is 0.393 e. The fourth-order valence-corrected chi connectivity index (χ4v) is 3.62. The van der Waals surface area contributed by atoms with Crippen molar-refractivity contribution in [1.82, 2.24) is 4.90 Å². The van der Waals surface area contributed by atoms with Crippen molar-refractivity contribution in [1.29, 1.82) is 0 Å². The number of aliphatic hydroxyl groups excluding tert-OH is 1. The Labute approximate surface area is 145 Å². The molecule has 1 aromatic heterocycles. The van der Waals surface area contributed by atoms with Crippen molar-refractivity contribution in [2.45, 2.75) is 25.5 Å². The summed E-state index contributed by atoms with van der Waals surface area (Å²) in [4.78, 5) is 15.6. The molecule has 5 nitrogen and oxygen atoms in total. The van der Waals surface area contributed by atoms with Gasteiger partial charge in [0, 0.05) is 17.1 Å². The Morgan fingerprint density at radius 1 is 1.46 bits per heavy atom. The maximum Gasteiger partial charge on any atom is 0.322 e. The highest BCUT2D eigenvalue weighted by Gasteiger charge is 2.28. The van der Waals surface area contributed by atoms with E-state index in [9.17, 15) is 9.90 Å². The number of morpholine rings is 1. The van der Waals surface area contributed by atoms with Crippen LogP contribution in [-0.4, -0.2) is 47.9 Å². The van der Waals surface area contributed by atoms with Crippen LogP contribution in [0.5, 0.6) is 0 Å². The van der Waals surface area contributed by atoms with E-state index in [4.69, 9.17) is 4.74 Å². The van der Waals surface area contributed by atoms with Gasteiger partial charge in [-0.2, -0.15) is 0 Å². The second-order valence-corrected chi connectivity index (χ2v) is 6.94. The number of hydrogen-bond acceptors (Lipinski definition) is 4. The van der Waals surface area contributed by atoms with Gasteiger partial charge in [0.2, 0.25) is 0 Å². The summed E-state index contributed by atoms with van der Waals surface area (Å²) < 4.78 is 5.45. The SMILES string of the molecule is C[C@@H](O)C[C@@H]1COCCN1C(=O)Nc1cccc(-c2cccs2)c1. The number of anilines is 1. The van der Waals surface area contributed by atoms with Crippen LogP contribution in [0.1, 0.15) is 13.3 Å². The second-order valence-electron chi connectivity index (χ2n) is 6.00. The molecule has 2 heterocycles. The van der Waals surface area contributed by atoms with Gasteiger partial charge in [-0.05, 0) is 42.5 Å². The summed E-state index contributed by atoms with van der Waals surface area (Å²) in [6.07, 6.45) is 0.0528. The molecule has 6 heteroatoms. The molecule has 0 bridgehead atoms. The zero-order valence-corrected chi connectivity index (χ0v) is 14.5. The molecule has 0 aliphatic carbocycles. The van der Waals surface area contributed by atoms with Crippen LogP contribution in [-0.2, 0) is 4.74 Å². The van der Waals surface area contributed by atoms with E-state index in [0.29, 0.717) is 26.2 Å². The van der Waals surface area contributed by atoms with Gasteiger partial charge < -0.3 is 20.1 Å². The Balaban J connectivity index is 1.70. The molecule has 1 fully saturated rings. The first-order valence-electron chi connectivity index (χ1n) is 8.11. The van der Waals surface area contributed by atoms with Gasteiger partial charge in [0.05, 0.1) is 25.4 Å². The fraction of sp³-hybridized carbons (Fsp3) is 0.389. The van der Waals surface area contributed by atoms with Crippen molar-refractivity contribution >= 4 is 23.1 Å². The molecular weight excluding hydrogens is 324 g/mol. The van der Waals surface area contributed by atoms with Crippen LogP contribution in [0, 0.1) is 0 Å². The summed E-state index contributed by atoms with van der Waals surface area (Å²) >= 11 is 1.67. The number of nitrogens with zero attached hydrogens (tertiary/aromatic N) is 1. The van der Waals surface area contributed by atoms with Gasteiger partial charge in [-0.1, -0.05) is 18.2 Å². The summed E-state index contributed by atoms with van der Waals surface area (Å²) in [5, 5.41) is 14.6. The van der Waals surface area contributed by atoms with E-state index in [1.807, 2.05) is 35.7 Å². The van der Waals surface area contributed by atoms with Gasteiger partial charge in [0.15, 0.2) is 0 Å². The number of rotatable bonds is 4. The Morgan fingerprint density at radius 3 is 3.08 bits per heavy atom. The quantitative estimate of drug-likeness (QED) is 0.892. The number of carbonyl (C=O) groups is 1. The molecule has 2 atom stereocenters. The third kappa shape index (κ3) is 4.14. The van der Waals surface area contributed by atoms with Crippen molar-refractivity contribution in [3.8, 4) is 10.4 Å². The molecule has 2 N–H and O–H groups in total. The number of ether oxygens (including phenoxy) is 1. The molecule has 128 valence electrons. The molecule has 2 aromatic rings. The Kier molecular flexibility index (Phi) is 5.50. The van der Waals surface area contributed by atoms with Crippen LogP contribution in [0.3, 0.4) is 0 Å². The summed E-state index contributed by atoms with van der Waals surface area (Å²) in [7, 11) is 0. The first-order chi connectivity index (χ1) is 11.6. The highest BCUT2D eigenvalue weighted by molar-refractivity contribution is 7.13. The molecule has 0 unspecified atom stereocenters. The topological polar surface area (TPSA) is 61.8 Å². The van der Waals surface area contributed by atoms with Crippen LogP contribution in [0.4, 0.5) is 10.5 Å². The maximum absolute atomic E-state index is 12.6. The predicted molar refractivity (Wildman–Crippen MR) is 96.4 cm³/mol.